The lowest BCUT2D eigenvalue weighted by molar-refractivity contribution is 0.314. The van der Waals surface area contributed by atoms with E-state index in [-0.39, 0.29) is 0 Å². The van der Waals surface area contributed by atoms with Crippen LogP contribution in [0, 0.1) is 5.41 Å². The highest BCUT2D eigenvalue weighted by Crippen LogP contribution is 2.36. The van der Waals surface area contributed by atoms with Gasteiger partial charge in [-0.25, -0.2) is 0 Å². The molecule has 0 unspecified atom stereocenters. The summed E-state index contributed by atoms with van der Waals surface area (Å²) in [4.78, 5) is 4.36. The molecular weight excluding hydrogens is 232 g/mol. The Balaban J connectivity index is 1.62. The Morgan fingerprint density at radius 1 is 1.21 bits per heavy atom. The predicted octanol–water partition coefficient (Wildman–Crippen LogP) is 3.90. The number of hydrogen-bond donors (Lipinski definition) is 1. The van der Waals surface area contributed by atoms with E-state index < -0.39 is 0 Å². The van der Waals surface area contributed by atoms with Gasteiger partial charge in [-0.2, -0.15) is 0 Å². The molecule has 1 aromatic carbocycles. The number of rotatable bonds is 4. The third-order valence-corrected chi connectivity index (χ3v) is 4.36. The summed E-state index contributed by atoms with van der Waals surface area (Å²) >= 11 is 0. The summed E-state index contributed by atoms with van der Waals surface area (Å²) in [5, 5.41) is 4.86. The van der Waals surface area contributed by atoms with Crippen LogP contribution in [0.4, 0.5) is 0 Å². The van der Waals surface area contributed by atoms with E-state index in [1.54, 1.807) is 0 Å². The van der Waals surface area contributed by atoms with Crippen LogP contribution >= 0.6 is 0 Å². The molecule has 0 radical (unpaired) electrons. The predicted molar refractivity (Wildman–Crippen MR) is 80.0 cm³/mol. The summed E-state index contributed by atoms with van der Waals surface area (Å²) < 4.78 is 0. The number of nitrogens with zero attached hydrogens (tertiary/aromatic N) is 1. The van der Waals surface area contributed by atoms with Gasteiger partial charge in [-0.05, 0) is 42.0 Å². The van der Waals surface area contributed by atoms with Gasteiger partial charge in [0.15, 0.2) is 0 Å². The Kier molecular flexibility index (Phi) is 3.52. The first-order valence-corrected chi connectivity index (χ1v) is 7.30. The molecule has 1 N–H and O–H groups in total. The highest BCUT2D eigenvalue weighted by Gasteiger charge is 2.27. The molecule has 100 valence electrons. The Morgan fingerprint density at radius 2 is 2.05 bits per heavy atom. The van der Waals surface area contributed by atoms with Crippen molar-refractivity contribution in [3.63, 3.8) is 0 Å². The summed E-state index contributed by atoms with van der Waals surface area (Å²) in [7, 11) is 0. The molecule has 1 saturated carbocycles. The average molecular weight is 254 g/mol. The number of pyridine rings is 1. The fraction of sp³-hybridized carbons (Fsp3) is 0.471. The zero-order valence-corrected chi connectivity index (χ0v) is 11.7. The van der Waals surface area contributed by atoms with Gasteiger partial charge < -0.3 is 5.32 Å². The molecule has 1 fully saturated rings. The maximum atomic E-state index is 4.36. The van der Waals surface area contributed by atoms with E-state index in [0.717, 1.165) is 18.6 Å². The van der Waals surface area contributed by atoms with Gasteiger partial charge in [0.25, 0.3) is 0 Å². The highest BCUT2D eigenvalue weighted by molar-refractivity contribution is 5.78. The van der Waals surface area contributed by atoms with Crippen LogP contribution < -0.4 is 5.32 Å². The normalized spacial score (nSPS) is 17.9. The molecule has 1 aliphatic rings. The molecule has 2 aromatic rings. The van der Waals surface area contributed by atoms with Crippen molar-refractivity contribution in [1.82, 2.24) is 10.3 Å². The van der Waals surface area contributed by atoms with Crippen molar-refractivity contribution >= 4 is 10.9 Å². The molecule has 0 atom stereocenters. The van der Waals surface area contributed by atoms with Gasteiger partial charge in [0, 0.05) is 24.7 Å². The summed E-state index contributed by atoms with van der Waals surface area (Å²) in [6.07, 6.45) is 7.41. The molecule has 1 heterocycles. The lowest BCUT2D eigenvalue weighted by Gasteiger charge is -2.23. The first-order chi connectivity index (χ1) is 9.25. The third-order valence-electron chi connectivity index (χ3n) is 4.36. The van der Waals surface area contributed by atoms with Crippen LogP contribution in [0.3, 0.4) is 0 Å². The third kappa shape index (κ3) is 2.95. The number of fused-ring (bicyclic) bond motifs is 1. The van der Waals surface area contributed by atoms with Crippen molar-refractivity contribution in [2.75, 3.05) is 6.54 Å². The lowest BCUT2D eigenvalue weighted by atomic mass is 9.89. The van der Waals surface area contributed by atoms with E-state index in [4.69, 9.17) is 0 Å². The second-order valence-corrected chi connectivity index (χ2v) is 6.15. The molecule has 2 heteroatoms. The van der Waals surface area contributed by atoms with Crippen molar-refractivity contribution in [3.8, 4) is 0 Å². The maximum Gasteiger partial charge on any atom is 0.0702 e. The molecule has 3 rings (SSSR count). The minimum Gasteiger partial charge on any atom is -0.312 e. The molecule has 0 bridgehead atoms. The fourth-order valence-electron chi connectivity index (χ4n) is 3.15. The minimum absolute atomic E-state index is 0.526. The van der Waals surface area contributed by atoms with Gasteiger partial charge in [0.1, 0.15) is 0 Å². The summed E-state index contributed by atoms with van der Waals surface area (Å²) in [6.45, 7) is 4.51. The van der Waals surface area contributed by atoms with Gasteiger partial charge >= 0.3 is 0 Å². The number of nitrogens with one attached hydrogen (secondary N) is 1. The van der Waals surface area contributed by atoms with E-state index >= 15 is 0 Å². The van der Waals surface area contributed by atoms with E-state index in [2.05, 4.69) is 41.5 Å². The summed E-state index contributed by atoms with van der Waals surface area (Å²) in [6, 6.07) is 10.7. The summed E-state index contributed by atoms with van der Waals surface area (Å²) in [5.41, 5.74) is 2.95. The maximum absolute atomic E-state index is 4.36. The second-order valence-electron chi connectivity index (χ2n) is 6.15. The number of benzene rings is 1. The lowest BCUT2D eigenvalue weighted by Crippen LogP contribution is -2.29. The van der Waals surface area contributed by atoms with Gasteiger partial charge in [-0.3, -0.25) is 4.98 Å². The number of aromatic nitrogens is 1. The molecule has 2 nitrogen and oxygen atoms in total. The molecule has 0 amide bonds. The van der Waals surface area contributed by atoms with Crippen molar-refractivity contribution in [2.24, 2.45) is 5.41 Å². The molecule has 0 spiro atoms. The molecule has 0 saturated heterocycles. The van der Waals surface area contributed by atoms with Gasteiger partial charge in [0.2, 0.25) is 0 Å². The van der Waals surface area contributed by atoms with Crippen LogP contribution in [0.5, 0.6) is 0 Å². The first-order valence-electron chi connectivity index (χ1n) is 7.30. The van der Waals surface area contributed by atoms with Gasteiger partial charge in [-0.1, -0.05) is 31.9 Å². The van der Waals surface area contributed by atoms with Crippen molar-refractivity contribution < 1.29 is 0 Å². The molecule has 1 aromatic heterocycles. The zero-order valence-electron chi connectivity index (χ0n) is 11.7. The van der Waals surface area contributed by atoms with Crippen molar-refractivity contribution in [1.29, 1.82) is 0 Å². The number of hydrogen-bond acceptors (Lipinski definition) is 2. The van der Waals surface area contributed by atoms with Gasteiger partial charge in [0.05, 0.1) is 5.52 Å². The van der Waals surface area contributed by atoms with E-state index in [9.17, 15) is 0 Å². The Labute approximate surface area is 115 Å². The topological polar surface area (TPSA) is 24.9 Å². The molecule has 0 aliphatic heterocycles. The van der Waals surface area contributed by atoms with E-state index in [1.165, 1.54) is 36.6 Å². The smallest absolute Gasteiger partial charge is 0.0702 e. The van der Waals surface area contributed by atoms with Crippen molar-refractivity contribution in [2.45, 2.75) is 39.2 Å². The van der Waals surface area contributed by atoms with Crippen molar-refractivity contribution in [3.05, 3.63) is 42.1 Å². The van der Waals surface area contributed by atoms with Crippen LogP contribution in [0.1, 0.15) is 38.2 Å². The standard InChI is InChI=1S/C17H22N2/c1-17(8-2-3-9-17)13-18-12-14-6-7-16-15(11-14)5-4-10-19-16/h4-7,10-11,18H,2-3,8-9,12-13H2,1H3. The Bertz CT molecular complexity index is 556. The van der Waals surface area contributed by atoms with Gasteiger partial charge in [-0.15, -0.1) is 0 Å². The SMILES string of the molecule is CC1(CNCc2ccc3ncccc3c2)CCCC1. The molecular formula is C17H22N2. The zero-order chi connectivity index (χ0) is 13.1. The monoisotopic (exact) mass is 254 g/mol. The quantitative estimate of drug-likeness (QED) is 0.895. The second kappa shape index (κ2) is 5.30. The largest absolute Gasteiger partial charge is 0.312 e. The summed E-state index contributed by atoms with van der Waals surface area (Å²) in [5.74, 6) is 0. The highest BCUT2D eigenvalue weighted by atomic mass is 14.9. The van der Waals surface area contributed by atoms with Crippen LogP contribution in [0.2, 0.25) is 0 Å². The molecule has 1 aliphatic carbocycles. The van der Waals surface area contributed by atoms with E-state index in [1.807, 2.05) is 12.3 Å². The fourth-order valence-corrected chi connectivity index (χ4v) is 3.15. The van der Waals surface area contributed by atoms with E-state index in [0.29, 0.717) is 5.41 Å². The Morgan fingerprint density at radius 3 is 2.89 bits per heavy atom. The Hall–Kier alpha value is -1.41. The van der Waals surface area contributed by atoms with Crippen LogP contribution in [-0.2, 0) is 6.54 Å². The minimum atomic E-state index is 0.526. The van der Waals surface area contributed by atoms with Crippen LogP contribution in [0.25, 0.3) is 10.9 Å². The average Bonchev–Trinajstić information content (AvgIpc) is 2.86. The first kappa shape index (κ1) is 12.6. The van der Waals surface area contributed by atoms with Crippen LogP contribution in [-0.4, -0.2) is 11.5 Å². The van der Waals surface area contributed by atoms with Crippen LogP contribution in [0.15, 0.2) is 36.5 Å². The molecule has 19 heavy (non-hydrogen) atoms.